The highest BCUT2D eigenvalue weighted by Gasteiger charge is 2.33. The van der Waals surface area contributed by atoms with Gasteiger partial charge in [0.25, 0.3) is 0 Å². The fourth-order valence-electron chi connectivity index (χ4n) is 1.06. The first kappa shape index (κ1) is 9.29. The van der Waals surface area contributed by atoms with Crippen LogP contribution in [0.2, 0.25) is 0 Å². The number of hydrogen-bond acceptors (Lipinski definition) is 3. The summed E-state index contributed by atoms with van der Waals surface area (Å²) in [6.45, 7) is 0. The Bertz CT molecular complexity index is 220. The van der Waals surface area contributed by atoms with Gasteiger partial charge >= 0.3 is 0 Å². The van der Waals surface area contributed by atoms with Gasteiger partial charge in [0.2, 0.25) is 9.05 Å². The minimum atomic E-state index is -3.39. The number of halogens is 1. The maximum atomic E-state index is 10.6. The Labute approximate surface area is 71.1 Å². The molecule has 1 atom stereocenters. The van der Waals surface area contributed by atoms with Crippen LogP contribution < -0.4 is 0 Å². The maximum Gasteiger partial charge on any atom is 0.235 e. The van der Waals surface area contributed by atoms with Crippen LogP contribution in [0.5, 0.6) is 0 Å². The van der Waals surface area contributed by atoms with Crippen LogP contribution in [0.1, 0.15) is 12.8 Å². The molecule has 0 aromatic heterocycles. The number of ether oxygens (including phenoxy) is 1. The SMILES string of the molecule is CO[C@H](CS(=O)(=O)Cl)C1CC1. The lowest BCUT2D eigenvalue weighted by molar-refractivity contribution is 0.103. The van der Waals surface area contributed by atoms with E-state index in [2.05, 4.69) is 0 Å². The molecule has 1 saturated carbocycles. The summed E-state index contributed by atoms with van der Waals surface area (Å²) >= 11 is 0. The van der Waals surface area contributed by atoms with E-state index in [-0.39, 0.29) is 11.9 Å². The van der Waals surface area contributed by atoms with Crippen molar-refractivity contribution in [3.63, 3.8) is 0 Å². The lowest BCUT2D eigenvalue weighted by Gasteiger charge is -2.10. The monoisotopic (exact) mass is 198 g/mol. The van der Waals surface area contributed by atoms with E-state index in [0.717, 1.165) is 12.8 Å². The third-order valence-corrected chi connectivity index (χ3v) is 2.92. The molecule has 0 radical (unpaired) electrons. The quantitative estimate of drug-likeness (QED) is 0.633. The molecule has 0 unspecified atom stereocenters. The molecule has 3 nitrogen and oxygen atoms in total. The topological polar surface area (TPSA) is 43.4 Å². The Morgan fingerprint density at radius 3 is 2.45 bits per heavy atom. The van der Waals surface area contributed by atoms with Crippen LogP contribution in [0.25, 0.3) is 0 Å². The van der Waals surface area contributed by atoms with E-state index in [9.17, 15) is 8.42 Å². The normalized spacial score (nSPS) is 21.6. The molecule has 1 aliphatic rings. The molecular formula is C6H11ClO3S. The van der Waals surface area contributed by atoms with E-state index < -0.39 is 9.05 Å². The van der Waals surface area contributed by atoms with Gasteiger partial charge in [0, 0.05) is 17.8 Å². The summed E-state index contributed by atoms with van der Waals surface area (Å²) in [6, 6.07) is 0. The summed E-state index contributed by atoms with van der Waals surface area (Å²) in [7, 11) is 3.20. The van der Waals surface area contributed by atoms with Gasteiger partial charge in [-0.15, -0.1) is 0 Å². The highest BCUT2D eigenvalue weighted by molar-refractivity contribution is 8.13. The Hall–Kier alpha value is 0.200. The van der Waals surface area contributed by atoms with Gasteiger partial charge in [0.15, 0.2) is 0 Å². The standard InChI is InChI=1S/C6H11ClO3S/c1-10-6(5-2-3-5)4-11(7,8)9/h5-6H,2-4H2,1H3/t6-/m1/s1. The smallest absolute Gasteiger partial charge is 0.235 e. The van der Waals surface area contributed by atoms with Crippen LogP contribution >= 0.6 is 10.7 Å². The van der Waals surface area contributed by atoms with Gasteiger partial charge in [-0.05, 0) is 18.8 Å². The zero-order valence-corrected chi connectivity index (χ0v) is 7.86. The van der Waals surface area contributed by atoms with Crippen LogP contribution in [-0.2, 0) is 13.8 Å². The van der Waals surface area contributed by atoms with Crippen LogP contribution in [0.3, 0.4) is 0 Å². The van der Waals surface area contributed by atoms with E-state index >= 15 is 0 Å². The molecule has 0 saturated heterocycles. The molecule has 1 rings (SSSR count). The van der Waals surface area contributed by atoms with E-state index in [1.165, 1.54) is 7.11 Å². The summed E-state index contributed by atoms with van der Waals surface area (Å²) in [5.41, 5.74) is 0. The summed E-state index contributed by atoms with van der Waals surface area (Å²) in [5, 5.41) is 0. The fourth-order valence-corrected chi connectivity index (χ4v) is 2.23. The molecule has 1 aliphatic carbocycles. The van der Waals surface area contributed by atoms with Crippen LogP contribution in [0.15, 0.2) is 0 Å². The molecule has 1 fully saturated rings. The Balaban J connectivity index is 2.43. The van der Waals surface area contributed by atoms with Crippen molar-refractivity contribution in [1.29, 1.82) is 0 Å². The molecule has 0 amide bonds. The molecule has 5 heteroatoms. The number of rotatable bonds is 4. The summed E-state index contributed by atoms with van der Waals surface area (Å²) in [4.78, 5) is 0. The van der Waals surface area contributed by atoms with Crippen LogP contribution in [0, 0.1) is 5.92 Å². The second-order valence-corrected chi connectivity index (χ2v) is 5.64. The van der Waals surface area contributed by atoms with Crippen molar-refractivity contribution in [2.75, 3.05) is 12.9 Å². The van der Waals surface area contributed by atoms with Gasteiger partial charge in [-0.25, -0.2) is 8.42 Å². The molecule has 0 N–H and O–H groups in total. The fraction of sp³-hybridized carbons (Fsp3) is 1.00. The van der Waals surface area contributed by atoms with Crippen LogP contribution in [-0.4, -0.2) is 27.4 Å². The zero-order chi connectivity index (χ0) is 8.48. The molecule has 0 aromatic carbocycles. The van der Waals surface area contributed by atoms with Crippen molar-refractivity contribution in [1.82, 2.24) is 0 Å². The van der Waals surface area contributed by atoms with E-state index in [1.54, 1.807) is 0 Å². The highest BCUT2D eigenvalue weighted by Crippen LogP contribution is 2.34. The molecule has 0 bridgehead atoms. The molecule has 66 valence electrons. The summed E-state index contributed by atoms with van der Waals surface area (Å²) < 4.78 is 26.2. The van der Waals surface area contributed by atoms with Gasteiger partial charge in [-0.1, -0.05) is 0 Å². The lowest BCUT2D eigenvalue weighted by atomic mass is 10.3. The molecule has 0 aliphatic heterocycles. The molecular weight excluding hydrogens is 188 g/mol. The van der Waals surface area contributed by atoms with Gasteiger partial charge in [0.1, 0.15) is 0 Å². The Kier molecular flexibility index (Phi) is 2.78. The molecule has 0 aromatic rings. The first-order chi connectivity index (χ1) is 5.03. The largest absolute Gasteiger partial charge is 0.380 e. The first-order valence-corrected chi connectivity index (χ1v) is 5.96. The third kappa shape index (κ3) is 3.40. The van der Waals surface area contributed by atoms with Crippen molar-refractivity contribution in [3.8, 4) is 0 Å². The van der Waals surface area contributed by atoms with Crippen molar-refractivity contribution in [3.05, 3.63) is 0 Å². The van der Waals surface area contributed by atoms with Crippen molar-refractivity contribution in [2.45, 2.75) is 18.9 Å². The number of hydrogen-bond donors (Lipinski definition) is 0. The molecule has 0 spiro atoms. The predicted octanol–water partition coefficient (Wildman–Crippen LogP) is 0.980. The lowest BCUT2D eigenvalue weighted by Crippen LogP contribution is -2.22. The van der Waals surface area contributed by atoms with Gasteiger partial charge in [-0.3, -0.25) is 0 Å². The number of methoxy groups -OCH3 is 1. The van der Waals surface area contributed by atoms with Gasteiger partial charge in [-0.2, -0.15) is 0 Å². The predicted molar refractivity (Wildman–Crippen MR) is 43.2 cm³/mol. The average molecular weight is 199 g/mol. The minimum absolute atomic E-state index is 0.0598. The third-order valence-electron chi connectivity index (χ3n) is 1.81. The second kappa shape index (κ2) is 3.29. The summed E-state index contributed by atoms with van der Waals surface area (Å²) in [5.74, 6) is 0.351. The molecule has 11 heavy (non-hydrogen) atoms. The van der Waals surface area contributed by atoms with Crippen LogP contribution in [0.4, 0.5) is 0 Å². The second-order valence-electron chi connectivity index (χ2n) is 2.82. The Morgan fingerprint density at radius 2 is 2.18 bits per heavy atom. The highest BCUT2D eigenvalue weighted by atomic mass is 35.7. The minimum Gasteiger partial charge on any atom is -0.380 e. The van der Waals surface area contributed by atoms with Crippen molar-refractivity contribution in [2.24, 2.45) is 5.92 Å². The molecule has 0 heterocycles. The Morgan fingerprint density at radius 1 is 1.64 bits per heavy atom. The maximum absolute atomic E-state index is 10.6. The van der Waals surface area contributed by atoms with E-state index in [4.69, 9.17) is 15.4 Å². The van der Waals surface area contributed by atoms with Crippen molar-refractivity contribution >= 4 is 19.7 Å². The first-order valence-electron chi connectivity index (χ1n) is 3.48. The zero-order valence-electron chi connectivity index (χ0n) is 6.29. The van der Waals surface area contributed by atoms with Crippen molar-refractivity contribution < 1.29 is 13.2 Å². The average Bonchev–Trinajstić information content (AvgIpc) is 2.61. The van der Waals surface area contributed by atoms with Gasteiger partial charge < -0.3 is 4.74 Å². The van der Waals surface area contributed by atoms with E-state index in [0.29, 0.717) is 5.92 Å². The summed E-state index contributed by atoms with van der Waals surface area (Å²) in [6.07, 6.45) is 1.92. The van der Waals surface area contributed by atoms with Gasteiger partial charge in [0.05, 0.1) is 11.9 Å². The van der Waals surface area contributed by atoms with E-state index in [1.807, 2.05) is 0 Å².